The summed E-state index contributed by atoms with van der Waals surface area (Å²) in [5.74, 6) is 1.03. The second kappa shape index (κ2) is 6.43. The molecule has 0 aromatic rings. The van der Waals surface area contributed by atoms with Gasteiger partial charge >= 0.3 is 18.9 Å². The molecule has 2 radical (unpaired) electrons. The Morgan fingerprint density at radius 1 is 0.941 bits per heavy atom. The van der Waals surface area contributed by atoms with Gasteiger partial charge in [-0.15, -0.1) is 11.5 Å². The van der Waals surface area contributed by atoms with E-state index in [0.29, 0.717) is 0 Å². The van der Waals surface area contributed by atoms with Crippen LogP contribution in [-0.2, 0) is 0 Å². The Morgan fingerprint density at radius 3 is 1.76 bits per heavy atom. The van der Waals surface area contributed by atoms with Gasteiger partial charge in [0.15, 0.2) is 0 Å². The molecule has 3 heteroatoms. The molecule has 0 spiro atoms. The molecule has 0 N–H and O–H groups in total. The minimum absolute atomic E-state index is 0. The van der Waals surface area contributed by atoms with Crippen molar-refractivity contribution in [2.24, 2.45) is 10.8 Å². The van der Waals surface area contributed by atoms with E-state index in [9.17, 15) is 5.11 Å². The van der Waals surface area contributed by atoms with Crippen LogP contribution in [0, 0.1) is 16.7 Å². The molecule has 0 aliphatic heterocycles. The smallest absolute Gasteiger partial charge is 0.875 e. The first-order valence-electron chi connectivity index (χ1n) is 5.36. The minimum atomic E-state index is -0.102. The fourth-order valence-electron chi connectivity index (χ4n) is 1.60. The van der Waals surface area contributed by atoms with E-state index < -0.39 is 0 Å². The Labute approximate surface area is 130 Å². The zero-order valence-electron chi connectivity index (χ0n) is 12.6. The van der Waals surface area contributed by atoms with Crippen LogP contribution in [0.15, 0.2) is 29.2 Å². The van der Waals surface area contributed by atoms with Gasteiger partial charge in [0.2, 0.25) is 0 Å². The summed E-state index contributed by atoms with van der Waals surface area (Å²) in [6, 6.07) is 0. The van der Waals surface area contributed by atoms with Crippen molar-refractivity contribution in [3.05, 3.63) is 35.1 Å². The Hall–Kier alpha value is 0.255. The van der Waals surface area contributed by atoms with Gasteiger partial charge in [-0.25, -0.2) is 0 Å². The van der Waals surface area contributed by atoms with E-state index in [1.807, 2.05) is 12.2 Å². The van der Waals surface area contributed by atoms with Crippen LogP contribution in [0.5, 0.6) is 0 Å². The summed E-state index contributed by atoms with van der Waals surface area (Å²) < 4.78 is 0. The standard InChI is InChI=1S/C14H21O.2Li/c1-13(2,3)10-8-7-9-11(12(10)15)14(4,5)6;;/h8-9,15H,1-6H3;;/q;;+1/p-1. The van der Waals surface area contributed by atoms with Crippen molar-refractivity contribution < 1.29 is 24.0 Å². The molecule has 84 valence electrons. The topological polar surface area (TPSA) is 23.1 Å². The molecule has 0 amide bonds. The molecule has 1 aliphatic rings. The zero-order chi connectivity index (χ0) is 11.9. The molecule has 0 atom stereocenters. The molecule has 1 rings (SSSR count). The summed E-state index contributed by atoms with van der Waals surface area (Å²) >= 11 is 0. The molecule has 0 saturated carbocycles. The van der Waals surface area contributed by atoms with Crippen LogP contribution in [0.1, 0.15) is 41.5 Å². The van der Waals surface area contributed by atoms with Gasteiger partial charge in [-0.1, -0.05) is 41.5 Å². The third-order valence-electron chi connectivity index (χ3n) is 2.56. The first-order chi connectivity index (χ1) is 6.64. The summed E-state index contributed by atoms with van der Waals surface area (Å²) in [6.07, 6.45) is 3.63. The van der Waals surface area contributed by atoms with Crippen molar-refractivity contribution in [2.75, 3.05) is 0 Å². The SMILES string of the molecule is CC(C)(C)[C]1C=C=CC(C(C)(C)C)=C1[O-].[Li+].[Li]. The van der Waals surface area contributed by atoms with Gasteiger partial charge in [0, 0.05) is 24.8 Å². The van der Waals surface area contributed by atoms with Crippen LogP contribution in [0.3, 0.4) is 0 Å². The molecule has 0 heterocycles. The monoisotopic (exact) mass is 218 g/mol. The molecule has 0 saturated heterocycles. The molecule has 1 nitrogen and oxygen atoms in total. The van der Waals surface area contributed by atoms with Gasteiger partial charge in [-0.3, -0.25) is 0 Å². The normalized spacial score (nSPS) is 16.6. The minimum Gasteiger partial charge on any atom is -0.875 e. The van der Waals surface area contributed by atoms with Crippen molar-refractivity contribution in [3.8, 4) is 0 Å². The van der Waals surface area contributed by atoms with Crippen molar-refractivity contribution in [3.63, 3.8) is 0 Å². The van der Waals surface area contributed by atoms with E-state index in [2.05, 4.69) is 47.3 Å². The largest absolute Gasteiger partial charge is 1.00 e. The van der Waals surface area contributed by atoms with Crippen LogP contribution in [0.25, 0.3) is 0 Å². The predicted octanol–water partition coefficient (Wildman–Crippen LogP) is -0.384. The number of hydrogen-bond donors (Lipinski definition) is 0. The van der Waals surface area contributed by atoms with E-state index in [-0.39, 0.29) is 54.3 Å². The summed E-state index contributed by atoms with van der Waals surface area (Å²) in [5.41, 5.74) is 3.74. The third kappa shape index (κ3) is 4.79. The Balaban J connectivity index is 0. The van der Waals surface area contributed by atoms with E-state index in [1.54, 1.807) is 0 Å². The summed E-state index contributed by atoms with van der Waals surface area (Å²) in [5, 5.41) is 12.2. The second-order valence-corrected chi connectivity index (χ2v) is 6.11. The van der Waals surface area contributed by atoms with Crippen molar-refractivity contribution in [1.82, 2.24) is 0 Å². The molecule has 0 aromatic heterocycles. The molecular weight excluding hydrogens is 198 g/mol. The Morgan fingerprint density at radius 2 is 1.41 bits per heavy atom. The Bertz CT molecular complexity index is 347. The molecular formula is C14H20Li2O. The quantitative estimate of drug-likeness (QED) is 0.401. The summed E-state index contributed by atoms with van der Waals surface area (Å²) in [6.45, 7) is 12.4. The number of hydrogen-bond acceptors (Lipinski definition) is 1. The number of allylic oxidation sites excluding steroid dienone is 2. The van der Waals surface area contributed by atoms with Crippen molar-refractivity contribution in [2.45, 2.75) is 41.5 Å². The fourth-order valence-corrected chi connectivity index (χ4v) is 1.60. The average Bonchev–Trinajstić information content (AvgIpc) is 1.99. The molecule has 1 aliphatic carbocycles. The van der Waals surface area contributed by atoms with Crippen LogP contribution < -0.4 is 24.0 Å². The second-order valence-electron chi connectivity index (χ2n) is 6.11. The van der Waals surface area contributed by atoms with E-state index >= 15 is 0 Å². The summed E-state index contributed by atoms with van der Waals surface area (Å²) in [7, 11) is 0. The first kappa shape index (κ1) is 19.6. The summed E-state index contributed by atoms with van der Waals surface area (Å²) in [4.78, 5) is 0. The van der Waals surface area contributed by atoms with Gasteiger partial charge in [-0.2, -0.15) is 0 Å². The predicted molar refractivity (Wildman–Crippen MR) is 67.6 cm³/mol. The van der Waals surface area contributed by atoms with Crippen molar-refractivity contribution >= 4 is 18.9 Å². The van der Waals surface area contributed by atoms with Crippen LogP contribution in [-0.4, -0.2) is 18.9 Å². The maximum Gasteiger partial charge on any atom is 1.00 e. The molecule has 0 fully saturated rings. The van der Waals surface area contributed by atoms with Gasteiger partial charge in [0.05, 0.1) is 0 Å². The van der Waals surface area contributed by atoms with E-state index in [1.165, 1.54) is 0 Å². The van der Waals surface area contributed by atoms with E-state index in [4.69, 9.17) is 0 Å². The molecule has 0 unspecified atom stereocenters. The van der Waals surface area contributed by atoms with Crippen LogP contribution in [0.2, 0.25) is 0 Å². The molecule has 17 heavy (non-hydrogen) atoms. The van der Waals surface area contributed by atoms with Gasteiger partial charge in [0.1, 0.15) is 0 Å². The first-order valence-corrected chi connectivity index (χ1v) is 5.36. The van der Waals surface area contributed by atoms with Gasteiger partial charge in [0.25, 0.3) is 0 Å². The van der Waals surface area contributed by atoms with E-state index in [0.717, 1.165) is 11.5 Å². The maximum absolute atomic E-state index is 12.2. The number of rotatable bonds is 0. The Kier molecular flexibility index (Phi) is 7.41. The zero-order valence-corrected chi connectivity index (χ0v) is 12.6. The fraction of sp³-hybridized carbons (Fsp3) is 0.571. The third-order valence-corrected chi connectivity index (χ3v) is 2.56. The van der Waals surface area contributed by atoms with Crippen LogP contribution in [0.4, 0.5) is 0 Å². The maximum atomic E-state index is 12.2. The van der Waals surface area contributed by atoms with Gasteiger partial charge < -0.3 is 5.11 Å². The van der Waals surface area contributed by atoms with Crippen molar-refractivity contribution in [1.29, 1.82) is 0 Å². The van der Waals surface area contributed by atoms with Gasteiger partial charge in [-0.05, 0) is 28.6 Å². The molecule has 0 bridgehead atoms. The molecule has 0 aromatic carbocycles. The average molecular weight is 218 g/mol. The van der Waals surface area contributed by atoms with Crippen LogP contribution >= 0.6 is 0 Å².